The SMILES string of the molecule is O=C(CSc1nn(-c2ccccc2)c(=S)s1)NCC(F)(F)F. The molecule has 2 aromatic rings. The molecule has 0 saturated carbocycles. The number of rotatable bonds is 5. The van der Waals surface area contributed by atoms with Gasteiger partial charge in [0.1, 0.15) is 6.54 Å². The summed E-state index contributed by atoms with van der Waals surface area (Å²) in [6.45, 7) is -1.33. The quantitative estimate of drug-likeness (QED) is 0.651. The number of aromatic nitrogens is 2. The third kappa shape index (κ3) is 5.11. The lowest BCUT2D eigenvalue weighted by atomic mass is 10.3. The highest BCUT2D eigenvalue weighted by Gasteiger charge is 2.27. The van der Waals surface area contributed by atoms with E-state index in [2.05, 4.69) is 5.10 Å². The zero-order valence-corrected chi connectivity index (χ0v) is 13.4. The van der Waals surface area contributed by atoms with Gasteiger partial charge in [0.15, 0.2) is 8.29 Å². The number of para-hydroxylation sites is 1. The fourth-order valence-corrected chi connectivity index (χ4v) is 3.62. The van der Waals surface area contributed by atoms with E-state index in [1.165, 1.54) is 11.3 Å². The summed E-state index contributed by atoms with van der Waals surface area (Å²) in [6, 6.07) is 9.21. The largest absolute Gasteiger partial charge is 0.405 e. The Morgan fingerprint density at radius 2 is 2.05 bits per heavy atom. The van der Waals surface area contributed by atoms with Crippen LogP contribution in [0.3, 0.4) is 0 Å². The van der Waals surface area contributed by atoms with Gasteiger partial charge < -0.3 is 5.32 Å². The van der Waals surface area contributed by atoms with Gasteiger partial charge in [0, 0.05) is 0 Å². The Kier molecular flexibility index (Phi) is 5.59. The summed E-state index contributed by atoms with van der Waals surface area (Å²) in [5.74, 6) is -0.845. The topological polar surface area (TPSA) is 46.9 Å². The van der Waals surface area contributed by atoms with E-state index < -0.39 is 18.6 Å². The molecule has 1 aromatic heterocycles. The molecule has 1 heterocycles. The number of carbonyl (C=O) groups excluding carboxylic acids is 1. The van der Waals surface area contributed by atoms with Crippen molar-refractivity contribution in [2.45, 2.75) is 10.5 Å². The Hall–Kier alpha value is -1.39. The summed E-state index contributed by atoms with van der Waals surface area (Å²) in [7, 11) is 0. The van der Waals surface area contributed by atoms with Crippen LogP contribution in [0.15, 0.2) is 34.7 Å². The Balaban J connectivity index is 1.95. The Morgan fingerprint density at radius 3 is 2.68 bits per heavy atom. The van der Waals surface area contributed by atoms with E-state index in [4.69, 9.17) is 12.2 Å². The van der Waals surface area contributed by atoms with E-state index in [1.807, 2.05) is 30.3 Å². The lowest BCUT2D eigenvalue weighted by Crippen LogP contribution is -2.34. The van der Waals surface area contributed by atoms with Gasteiger partial charge in [0.25, 0.3) is 0 Å². The summed E-state index contributed by atoms with van der Waals surface area (Å²) < 4.78 is 38.5. The van der Waals surface area contributed by atoms with Gasteiger partial charge in [-0.05, 0) is 24.4 Å². The first-order valence-corrected chi connectivity index (χ1v) is 8.18. The predicted octanol–water partition coefficient (Wildman–Crippen LogP) is 3.43. The standard InChI is InChI=1S/C12H10F3N3OS3/c13-12(14,15)7-16-9(19)6-21-10-17-18(11(20)22-10)8-4-2-1-3-5-8/h1-5H,6-7H2,(H,16,19). The zero-order valence-electron chi connectivity index (χ0n) is 11.0. The minimum Gasteiger partial charge on any atom is -0.346 e. The first-order valence-electron chi connectivity index (χ1n) is 5.97. The number of nitrogens with one attached hydrogen (secondary N) is 1. The molecule has 22 heavy (non-hydrogen) atoms. The van der Waals surface area contributed by atoms with Crippen molar-refractivity contribution in [3.8, 4) is 5.69 Å². The van der Waals surface area contributed by atoms with Crippen LogP contribution in [-0.2, 0) is 4.79 Å². The van der Waals surface area contributed by atoms with Crippen molar-refractivity contribution in [2.24, 2.45) is 0 Å². The van der Waals surface area contributed by atoms with Crippen molar-refractivity contribution in [3.63, 3.8) is 0 Å². The maximum absolute atomic E-state index is 12.0. The summed E-state index contributed by atoms with van der Waals surface area (Å²) >= 11 is 7.44. The number of hydrogen-bond donors (Lipinski definition) is 1. The highest BCUT2D eigenvalue weighted by Crippen LogP contribution is 2.24. The van der Waals surface area contributed by atoms with E-state index in [1.54, 1.807) is 10.00 Å². The van der Waals surface area contributed by atoms with E-state index in [9.17, 15) is 18.0 Å². The van der Waals surface area contributed by atoms with Gasteiger partial charge in [-0.15, -0.1) is 5.10 Å². The molecule has 0 saturated heterocycles. The molecule has 1 N–H and O–H groups in total. The number of thioether (sulfide) groups is 1. The highest BCUT2D eigenvalue weighted by molar-refractivity contribution is 8.01. The molecule has 0 aliphatic carbocycles. The molecule has 0 aliphatic rings. The molecule has 0 unspecified atom stereocenters. The summed E-state index contributed by atoms with van der Waals surface area (Å²) in [5, 5.41) is 6.06. The van der Waals surface area contributed by atoms with Crippen molar-refractivity contribution in [3.05, 3.63) is 34.3 Å². The number of halogens is 3. The second-order valence-electron chi connectivity index (χ2n) is 4.06. The van der Waals surface area contributed by atoms with E-state index in [-0.39, 0.29) is 5.75 Å². The van der Waals surface area contributed by atoms with Gasteiger partial charge in [-0.2, -0.15) is 13.2 Å². The van der Waals surface area contributed by atoms with Crippen LogP contribution < -0.4 is 5.32 Å². The van der Waals surface area contributed by atoms with Crippen molar-refractivity contribution in [1.82, 2.24) is 15.1 Å². The smallest absolute Gasteiger partial charge is 0.346 e. The molecule has 0 aliphatic heterocycles. The first kappa shape index (κ1) is 17.0. The number of amides is 1. The molecule has 2 rings (SSSR count). The van der Waals surface area contributed by atoms with Crippen molar-refractivity contribution >= 4 is 41.2 Å². The number of benzene rings is 1. The van der Waals surface area contributed by atoms with Gasteiger partial charge in [-0.3, -0.25) is 4.79 Å². The zero-order chi connectivity index (χ0) is 16.2. The van der Waals surface area contributed by atoms with Crippen LogP contribution in [0.1, 0.15) is 0 Å². The Bertz CT molecular complexity index is 697. The third-order valence-corrected chi connectivity index (χ3v) is 4.71. The molecule has 0 atom stereocenters. The normalized spacial score (nSPS) is 11.4. The number of carbonyl (C=O) groups is 1. The van der Waals surface area contributed by atoms with Crippen molar-refractivity contribution in [2.75, 3.05) is 12.3 Å². The van der Waals surface area contributed by atoms with E-state index in [0.29, 0.717) is 8.29 Å². The van der Waals surface area contributed by atoms with Gasteiger partial charge in [-0.1, -0.05) is 41.3 Å². The molecule has 1 aromatic carbocycles. The Labute approximate surface area is 137 Å². The number of hydrogen-bond acceptors (Lipinski definition) is 5. The fraction of sp³-hybridized carbons (Fsp3) is 0.250. The van der Waals surface area contributed by atoms with Crippen LogP contribution >= 0.6 is 35.3 Å². The van der Waals surface area contributed by atoms with Crippen LogP contribution in [0.4, 0.5) is 13.2 Å². The lowest BCUT2D eigenvalue weighted by molar-refractivity contribution is -0.136. The minimum absolute atomic E-state index is 0.146. The summed E-state index contributed by atoms with van der Waals surface area (Å²) in [6.07, 6.45) is -4.41. The molecule has 0 radical (unpaired) electrons. The lowest BCUT2D eigenvalue weighted by Gasteiger charge is -2.07. The van der Waals surface area contributed by atoms with Gasteiger partial charge in [0.2, 0.25) is 5.91 Å². The van der Waals surface area contributed by atoms with Crippen molar-refractivity contribution in [1.29, 1.82) is 0 Å². The van der Waals surface area contributed by atoms with Crippen LogP contribution in [0, 0.1) is 3.95 Å². The average molecular weight is 365 g/mol. The monoisotopic (exact) mass is 365 g/mol. The maximum atomic E-state index is 12.0. The summed E-state index contributed by atoms with van der Waals surface area (Å²) in [4.78, 5) is 11.3. The molecule has 1 amide bonds. The first-order chi connectivity index (χ1) is 10.3. The van der Waals surface area contributed by atoms with Crippen LogP contribution in [0.2, 0.25) is 0 Å². The molecular weight excluding hydrogens is 355 g/mol. The fourth-order valence-electron chi connectivity index (χ4n) is 1.43. The molecule has 0 bridgehead atoms. The van der Waals surface area contributed by atoms with Gasteiger partial charge in [-0.25, -0.2) is 4.68 Å². The number of alkyl halides is 3. The van der Waals surface area contributed by atoms with Gasteiger partial charge in [0.05, 0.1) is 11.4 Å². The predicted molar refractivity (Wildman–Crippen MR) is 82.1 cm³/mol. The van der Waals surface area contributed by atoms with Gasteiger partial charge >= 0.3 is 6.18 Å². The molecule has 118 valence electrons. The Morgan fingerprint density at radius 1 is 1.36 bits per heavy atom. The van der Waals surface area contributed by atoms with Crippen LogP contribution in [-0.4, -0.2) is 34.2 Å². The third-order valence-electron chi connectivity index (χ3n) is 2.34. The van der Waals surface area contributed by atoms with E-state index in [0.717, 1.165) is 17.4 Å². The molecule has 0 spiro atoms. The minimum atomic E-state index is -4.41. The maximum Gasteiger partial charge on any atom is 0.405 e. The molecule has 10 heteroatoms. The summed E-state index contributed by atoms with van der Waals surface area (Å²) in [5.41, 5.74) is 0.789. The average Bonchev–Trinajstić information content (AvgIpc) is 2.84. The molecule has 0 fully saturated rings. The second kappa shape index (κ2) is 7.25. The van der Waals surface area contributed by atoms with Crippen LogP contribution in [0.25, 0.3) is 5.69 Å². The van der Waals surface area contributed by atoms with E-state index >= 15 is 0 Å². The van der Waals surface area contributed by atoms with Crippen LogP contribution in [0.5, 0.6) is 0 Å². The number of nitrogens with zero attached hydrogens (tertiary/aromatic N) is 2. The highest BCUT2D eigenvalue weighted by atomic mass is 32.2. The molecular formula is C12H10F3N3OS3. The second-order valence-corrected chi connectivity index (χ2v) is 6.91. The van der Waals surface area contributed by atoms with Crippen molar-refractivity contribution < 1.29 is 18.0 Å². The molecule has 4 nitrogen and oxygen atoms in total.